The number of hydrogen-bond acceptors (Lipinski definition) is 3. The van der Waals surface area contributed by atoms with Crippen molar-refractivity contribution in [3.8, 4) is 0 Å². The Bertz CT molecular complexity index is 210. The van der Waals surface area contributed by atoms with Gasteiger partial charge in [0.15, 0.2) is 0 Å². The van der Waals surface area contributed by atoms with E-state index in [1.807, 2.05) is 6.92 Å². The van der Waals surface area contributed by atoms with Crippen LogP contribution < -0.4 is 5.32 Å². The zero-order chi connectivity index (χ0) is 12.0. The highest BCUT2D eigenvalue weighted by atomic mass is 16.5. The normalized spacial score (nSPS) is 27.4. The van der Waals surface area contributed by atoms with E-state index in [4.69, 9.17) is 0 Å². The van der Waals surface area contributed by atoms with Crippen molar-refractivity contribution < 1.29 is 9.53 Å². The molecule has 1 fully saturated rings. The standard InChI is InChI=1S/C13H25NO2/c1-10-4-6-12(7-5-10)9-14-11(2)8-13(15)16-3/h10-12,14H,4-9H2,1-3H3. The molecule has 1 rings (SSSR count). The highest BCUT2D eigenvalue weighted by molar-refractivity contribution is 5.69. The third-order valence-corrected chi connectivity index (χ3v) is 3.59. The summed E-state index contributed by atoms with van der Waals surface area (Å²) < 4.78 is 4.65. The molecular formula is C13H25NO2. The van der Waals surface area contributed by atoms with E-state index in [0.29, 0.717) is 6.42 Å². The average Bonchev–Trinajstić information content (AvgIpc) is 2.28. The zero-order valence-electron chi connectivity index (χ0n) is 10.8. The molecule has 1 unspecified atom stereocenters. The van der Waals surface area contributed by atoms with E-state index in [0.717, 1.165) is 18.4 Å². The second-order valence-electron chi connectivity index (χ2n) is 5.22. The molecule has 0 heterocycles. The molecule has 0 spiro atoms. The van der Waals surface area contributed by atoms with Crippen molar-refractivity contribution in [1.29, 1.82) is 0 Å². The van der Waals surface area contributed by atoms with Gasteiger partial charge < -0.3 is 10.1 Å². The van der Waals surface area contributed by atoms with Crippen LogP contribution >= 0.6 is 0 Å². The van der Waals surface area contributed by atoms with Crippen LogP contribution in [0.4, 0.5) is 0 Å². The maximum atomic E-state index is 11.1. The molecule has 1 atom stereocenters. The molecule has 16 heavy (non-hydrogen) atoms. The number of ether oxygens (including phenoxy) is 1. The van der Waals surface area contributed by atoms with Crippen molar-refractivity contribution in [3.63, 3.8) is 0 Å². The van der Waals surface area contributed by atoms with E-state index in [1.54, 1.807) is 0 Å². The fourth-order valence-electron chi connectivity index (χ4n) is 2.31. The minimum absolute atomic E-state index is 0.128. The first-order valence-electron chi connectivity index (χ1n) is 6.42. The van der Waals surface area contributed by atoms with E-state index < -0.39 is 0 Å². The van der Waals surface area contributed by atoms with Gasteiger partial charge in [0.1, 0.15) is 0 Å². The van der Waals surface area contributed by atoms with Crippen molar-refractivity contribution >= 4 is 5.97 Å². The Labute approximate surface area is 98.9 Å². The van der Waals surface area contributed by atoms with Gasteiger partial charge in [-0.15, -0.1) is 0 Å². The zero-order valence-corrected chi connectivity index (χ0v) is 10.8. The van der Waals surface area contributed by atoms with E-state index in [-0.39, 0.29) is 12.0 Å². The lowest BCUT2D eigenvalue weighted by atomic mass is 9.83. The van der Waals surface area contributed by atoms with Crippen LogP contribution in [0.15, 0.2) is 0 Å². The van der Waals surface area contributed by atoms with Crippen molar-refractivity contribution in [3.05, 3.63) is 0 Å². The first-order chi connectivity index (χ1) is 7.61. The molecule has 1 N–H and O–H groups in total. The Morgan fingerprint density at radius 3 is 2.56 bits per heavy atom. The van der Waals surface area contributed by atoms with Gasteiger partial charge in [-0.1, -0.05) is 19.8 Å². The fraction of sp³-hybridized carbons (Fsp3) is 0.923. The molecule has 3 heteroatoms. The summed E-state index contributed by atoms with van der Waals surface area (Å²) >= 11 is 0. The molecule has 0 radical (unpaired) electrons. The molecule has 0 aliphatic heterocycles. The molecule has 3 nitrogen and oxygen atoms in total. The molecule has 0 aromatic rings. The molecule has 0 amide bonds. The number of esters is 1. The molecular weight excluding hydrogens is 202 g/mol. The van der Waals surface area contributed by atoms with Crippen molar-refractivity contribution in [2.45, 2.75) is 52.0 Å². The highest BCUT2D eigenvalue weighted by Crippen LogP contribution is 2.27. The number of carbonyl (C=O) groups excluding carboxylic acids is 1. The Morgan fingerprint density at radius 1 is 1.38 bits per heavy atom. The van der Waals surface area contributed by atoms with Crippen LogP contribution in [0.1, 0.15) is 46.0 Å². The topological polar surface area (TPSA) is 38.3 Å². The van der Waals surface area contributed by atoms with E-state index in [1.165, 1.54) is 32.8 Å². The van der Waals surface area contributed by atoms with Crippen LogP contribution in [0.5, 0.6) is 0 Å². The van der Waals surface area contributed by atoms with E-state index in [9.17, 15) is 4.79 Å². The summed E-state index contributed by atoms with van der Waals surface area (Å²) in [6, 6.07) is 0.229. The van der Waals surface area contributed by atoms with Crippen LogP contribution in [0.2, 0.25) is 0 Å². The Hall–Kier alpha value is -0.570. The third-order valence-electron chi connectivity index (χ3n) is 3.59. The first kappa shape index (κ1) is 13.5. The summed E-state index contributed by atoms with van der Waals surface area (Å²) in [7, 11) is 1.44. The van der Waals surface area contributed by atoms with Gasteiger partial charge in [0.25, 0.3) is 0 Å². The maximum Gasteiger partial charge on any atom is 0.307 e. The lowest BCUT2D eigenvalue weighted by Gasteiger charge is -2.27. The Kier molecular flexibility index (Phi) is 5.81. The van der Waals surface area contributed by atoms with Crippen molar-refractivity contribution in [1.82, 2.24) is 5.32 Å². The van der Waals surface area contributed by atoms with Gasteiger partial charge in [0, 0.05) is 6.04 Å². The summed E-state index contributed by atoms with van der Waals surface area (Å²) in [4.78, 5) is 11.1. The molecule has 0 aromatic heterocycles. The first-order valence-corrected chi connectivity index (χ1v) is 6.42. The number of hydrogen-bond donors (Lipinski definition) is 1. The molecule has 0 aromatic carbocycles. The lowest BCUT2D eigenvalue weighted by Crippen LogP contribution is -2.34. The van der Waals surface area contributed by atoms with Crippen LogP contribution in [-0.4, -0.2) is 25.7 Å². The number of methoxy groups -OCH3 is 1. The Balaban J connectivity index is 2.12. The summed E-state index contributed by atoms with van der Waals surface area (Å²) in [5, 5.41) is 3.43. The van der Waals surface area contributed by atoms with E-state index >= 15 is 0 Å². The third kappa shape index (κ3) is 4.97. The number of nitrogens with one attached hydrogen (secondary N) is 1. The van der Waals surface area contributed by atoms with E-state index in [2.05, 4.69) is 17.0 Å². The van der Waals surface area contributed by atoms with Gasteiger partial charge in [-0.2, -0.15) is 0 Å². The van der Waals surface area contributed by atoms with Gasteiger partial charge in [0.2, 0.25) is 0 Å². The number of rotatable bonds is 5. The average molecular weight is 227 g/mol. The SMILES string of the molecule is COC(=O)CC(C)NCC1CCC(C)CC1. The van der Waals surface area contributed by atoms with Crippen LogP contribution in [-0.2, 0) is 9.53 Å². The summed E-state index contributed by atoms with van der Waals surface area (Å²) in [6.45, 7) is 5.43. The predicted octanol–water partition coefficient (Wildman–Crippen LogP) is 2.35. The molecule has 1 aliphatic carbocycles. The minimum atomic E-state index is -0.128. The second kappa shape index (κ2) is 6.89. The van der Waals surface area contributed by atoms with Crippen LogP contribution in [0.3, 0.4) is 0 Å². The highest BCUT2D eigenvalue weighted by Gasteiger charge is 2.18. The van der Waals surface area contributed by atoms with Gasteiger partial charge in [0.05, 0.1) is 13.5 Å². The molecule has 94 valence electrons. The second-order valence-corrected chi connectivity index (χ2v) is 5.22. The number of carbonyl (C=O) groups is 1. The maximum absolute atomic E-state index is 11.1. The van der Waals surface area contributed by atoms with Gasteiger partial charge in [-0.05, 0) is 38.1 Å². The van der Waals surface area contributed by atoms with Crippen molar-refractivity contribution in [2.75, 3.05) is 13.7 Å². The van der Waals surface area contributed by atoms with Gasteiger partial charge >= 0.3 is 5.97 Å². The quantitative estimate of drug-likeness (QED) is 0.733. The molecule has 0 saturated heterocycles. The lowest BCUT2D eigenvalue weighted by molar-refractivity contribution is -0.141. The smallest absolute Gasteiger partial charge is 0.307 e. The molecule has 1 aliphatic rings. The van der Waals surface area contributed by atoms with Crippen molar-refractivity contribution in [2.24, 2.45) is 11.8 Å². The fourth-order valence-corrected chi connectivity index (χ4v) is 2.31. The van der Waals surface area contributed by atoms with Gasteiger partial charge in [-0.25, -0.2) is 0 Å². The van der Waals surface area contributed by atoms with Crippen LogP contribution in [0, 0.1) is 11.8 Å². The molecule has 1 saturated carbocycles. The summed E-state index contributed by atoms with van der Waals surface area (Å²) in [5.74, 6) is 1.58. The Morgan fingerprint density at radius 2 is 2.00 bits per heavy atom. The largest absolute Gasteiger partial charge is 0.469 e. The minimum Gasteiger partial charge on any atom is -0.469 e. The summed E-state index contributed by atoms with van der Waals surface area (Å²) in [6.07, 6.45) is 5.85. The monoisotopic (exact) mass is 227 g/mol. The summed E-state index contributed by atoms with van der Waals surface area (Å²) in [5.41, 5.74) is 0. The van der Waals surface area contributed by atoms with Gasteiger partial charge in [-0.3, -0.25) is 4.79 Å². The van der Waals surface area contributed by atoms with Crippen LogP contribution in [0.25, 0.3) is 0 Å². The molecule has 0 bridgehead atoms. The predicted molar refractivity (Wildman–Crippen MR) is 65.2 cm³/mol.